The van der Waals surface area contributed by atoms with E-state index in [2.05, 4.69) is 5.32 Å². The quantitative estimate of drug-likeness (QED) is 0.625. The van der Waals surface area contributed by atoms with E-state index in [9.17, 15) is 0 Å². The van der Waals surface area contributed by atoms with Gasteiger partial charge in [0.05, 0.1) is 6.61 Å². The first kappa shape index (κ1) is 15.8. The Bertz CT molecular complexity index is 331. The van der Waals surface area contributed by atoms with Crippen molar-refractivity contribution < 1.29 is 14.2 Å². The first-order valence-electron chi connectivity index (χ1n) is 7.01. The van der Waals surface area contributed by atoms with Crippen LogP contribution in [0.25, 0.3) is 0 Å². The summed E-state index contributed by atoms with van der Waals surface area (Å²) in [7, 11) is 0. The Morgan fingerprint density at radius 2 is 1.74 bits per heavy atom. The minimum absolute atomic E-state index is 0.657. The van der Waals surface area contributed by atoms with Crippen LogP contribution in [0.15, 0.2) is 24.3 Å². The normalized spacial score (nSPS) is 10.4. The predicted octanol–water partition coefficient (Wildman–Crippen LogP) is 2.48. The van der Waals surface area contributed by atoms with Crippen LogP contribution in [-0.2, 0) is 4.74 Å². The number of hydrogen-bond donors (Lipinski definition) is 1. The third kappa shape index (κ3) is 7.70. The molecule has 0 spiro atoms. The van der Waals surface area contributed by atoms with Gasteiger partial charge in [-0.05, 0) is 38.9 Å². The summed E-state index contributed by atoms with van der Waals surface area (Å²) in [6.07, 6.45) is 1.04. The lowest BCUT2D eigenvalue weighted by atomic mass is 10.3. The van der Waals surface area contributed by atoms with Crippen LogP contribution < -0.4 is 14.8 Å². The number of nitrogens with one attached hydrogen (secondary N) is 1. The zero-order chi connectivity index (χ0) is 13.8. The highest BCUT2D eigenvalue weighted by Crippen LogP contribution is 2.18. The lowest BCUT2D eigenvalue weighted by Crippen LogP contribution is -2.23. The molecule has 0 heterocycles. The van der Waals surface area contributed by atoms with Crippen LogP contribution in [0.3, 0.4) is 0 Å². The van der Waals surface area contributed by atoms with Crippen LogP contribution in [0.1, 0.15) is 20.3 Å². The van der Waals surface area contributed by atoms with Crippen LogP contribution in [0.2, 0.25) is 0 Å². The lowest BCUT2D eigenvalue weighted by molar-refractivity contribution is 0.144. The Hall–Kier alpha value is -1.26. The maximum Gasteiger partial charge on any atom is 0.123 e. The molecular formula is C15H25NO3. The Kier molecular flexibility index (Phi) is 8.85. The number of ether oxygens (including phenoxy) is 3. The van der Waals surface area contributed by atoms with Crippen LogP contribution >= 0.6 is 0 Å². The maximum atomic E-state index is 5.65. The van der Waals surface area contributed by atoms with Crippen LogP contribution in [0.4, 0.5) is 0 Å². The van der Waals surface area contributed by atoms with Crippen LogP contribution in [-0.4, -0.2) is 39.5 Å². The summed E-state index contributed by atoms with van der Waals surface area (Å²) < 4.78 is 16.3. The van der Waals surface area contributed by atoms with Gasteiger partial charge in [-0.25, -0.2) is 0 Å². The van der Waals surface area contributed by atoms with E-state index in [1.54, 1.807) is 0 Å². The molecule has 0 fully saturated rings. The predicted molar refractivity (Wildman–Crippen MR) is 77.1 cm³/mol. The van der Waals surface area contributed by atoms with Crippen molar-refractivity contribution in [1.82, 2.24) is 5.32 Å². The van der Waals surface area contributed by atoms with Crippen molar-refractivity contribution in [2.45, 2.75) is 20.3 Å². The first-order valence-corrected chi connectivity index (χ1v) is 7.01. The summed E-state index contributed by atoms with van der Waals surface area (Å²) in [6, 6.07) is 7.73. The Morgan fingerprint density at radius 1 is 0.947 bits per heavy atom. The standard InChI is InChI=1S/C15H25NO3/c1-3-17-11-6-9-16-10-12-19-15-8-5-7-14(13-15)18-4-2/h5,7-8,13,16H,3-4,6,9-12H2,1-2H3. The van der Waals surface area contributed by atoms with E-state index >= 15 is 0 Å². The van der Waals surface area contributed by atoms with Gasteiger partial charge in [-0.15, -0.1) is 0 Å². The Labute approximate surface area is 116 Å². The molecule has 4 nitrogen and oxygen atoms in total. The molecule has 0 atom stereocenters. The fourth-order valence-corrected chi connectivity index (χ4v) is 1.63. The molecule has 4 heteroatoms. The summed E-state index contributed by atoms with van der Waals surface area (Å²) in [5.41, 5.74) is 0. The Morgan fingerprint density at radius 3 is 2.47 bits per heavy atom. The molecule has 0 bridgehead atoms. The highest BCUT2D eigenvalue weighted by Gasteiger charge is 1.97. The molecule has 1 aromatic rings. The van der Waals surface area contributed by atoms with Crippen molar-refractivity contribution >= 4 is 0 Å². The molecule has 0 saturated heterocycles. The summed E-state index contributed by atoms with van der Waals surface area (Å²) in [5, 5.41) is 3.32. The molecule has 0 aromatic heterocycles. The van der Waals surface area contributed by atoms with Gasteiger partial charge in [0, 0.05) is 25.8 Å². The van der Waals surface area contributed by atoms with Crippen molar-refractivity contribution in [3.05, 3.63) is 24.3 Å². The van der Waals surface area contributed by atoms with Crippen molar-refractivity contribution in [2.24, 2.45) is 0 Å². The van der Waals surface area contributed by atoms with Crippen molar-refractivity contribution in [2.75, 3.05) is 39.5 Å². The van der Waals surface area contributed by atoms with Gasteiger partial charge in [-0.2, -0.15) is 0 Å². The number of benzene rings is 1. The summed E-state index contributed by atoms with van der Waals surface area (Å²) in [5.74, 6) is 1.70. The second-order valence-electron chi connectivity index (χ2n) is 4.06. The van der Waals surface area contributed by atoms with Crippen molar-refractivity contribution in [3.63, 3.8) is 0 Å². The van der Waals surface area contributed by atoms with Gasteiger partial charge in [0.25, 0.3) is 0 Å². The SMILES string of the molecule is CCOCCCNCCOc1cccc(OCC)c1. The average molecular weight is 267 g/mol. The third-order valence-electron chi connectivity index (χ3n) is 2.51. The molecule has 0 saturated carbocycles. The molecular weight excluding hydrogens is 242 g/mol. The Balaban J connectivity index is 2.07. The molecule has 1 rings (SSSR count). The van der Waals surface area contributed by atoms with Crippen LogP contribution in [0, 0.1) is 0 Å². The molecule has 0 aliphatic carbocycles. The maximum absolute atomic E-state index is 5.65. The van der Waals surface area contributed by atoms with E-state index in [-0.39, 0.29) is 0 Å². The fourth-order valence-electron chi connectivity index (χ4n) is 1.63. The summed E-state index contributed by atoms with van der Waals surface area (Å²) in [6.45, 7) is 8.72. The average Bonchev–Trinajstić information content (AvgIpc) is 2.43. The van der Waals surface area contributed by atoms with E-state index in [0.29, 0.717) is 13.2 Å². The lowest BCUT2D eigenvalue weighted by Gasteiger charge is -2.09. The van der Waals surface area contributed by atoms with E-state index in [1.165, 1.54) is 0 Å². The molecule has 1 aromatic carbocycles. The first-order chi connectivity index (χ1) is 9.36. The third-order valence-corrected chi connectivity index (χ3v) is 2.51. The second-order valence-corrected chi connectivity index (χ2v) is 4.06. The molecule has 108 valence electrons. The summed E-state index contributed by atoms with van der Waals surface area (Å²) >= 11 is 0. The minimum Gasteiger partial charge on any atom is -0.494 e. The molecule has 0 aliphatic rings. The van der Waals surface area contributed by atoms with Gasteiger partial charge in [-0.3, -0.25) is 0 Å². The zero-order valence-corrected chi connectivity index (χ0v) is 12.0. The van der Waals surface area contributed by atoms with Gasteiger partial charge in [-0.1, -0.05) is 6.07 Å². The van der Waals surface area contributed by atoms with E-state index in [0.717, 1.165) is 44.2 Å². The highest BCUT2D eigenvalue weighted by atomic mass is 16.5. The smallest absolute Gasteiger partial charge is 0.123 e. The molecule has 0 radical (unpaired) electrons. The molecule has 0 aliphatic heterocycles. The summed E-state index contributed by atoms with van der Waals surface area (Å²) in [4.78, 5) is 0. The van der Waals surface area contributed by atoms with Crippen molar-refractivity contribution in [1.29, 1.82) is 0 Å². The van der Waals surface area contributed by atoms with E-state index < -0.39 is 0 Å². The molecule has 1 N–H and O–H groups in total. The zero-order valence-electron chi connectivity index (χ0n) is 12.0. The minimum atomic E-state index is 0.657. The van der Waals surface area contributed by atoms with E-state index in [1.807, 2.05) is 38.1 Å². The molecule has 19 heavy (non-hydrogen) atoms. The highest BCUT2D eigenvalue weighted by molar-refractivity contribution is 5.32. The largest absolute Gasteiger partial charge is 0.494 e. The van der Waals surface area contributed by atoms with Gasteiger partial charge >= 0.3 is 0 Å². The van der Waals surface area contributed by atoms with Gasteiger partial charge < -0.3 is 19.5 Å². The topological polar surface area (TPSA) is 39.7 Å². The number of rotatable bonds is 11. The number of hydrogen-bond acceptors (Lipinski definition) is 4. The molecule has 0 amide bonds. The van der Waals surface area contributed by atoms with Gasteiger partial charge in [0.15, 0.2) is 0 Å². The van der Waals surface area contributed by atoms with Gasteiger partial charge in [0.1, 0.15) is 18.1 Å². The monoisotopic (exact) mass is 267 g/mol. The second kappa shape index (κ2) is 10.6. The van der Waals surface area contributed by atoms with E-state index in [4.69, 9.17) is 14.2 Å². The fraction of sp³-hybridized carbons (Fsp3) is 0.600. The van der Waals surface area contributed by atoms with Gasteiger partial charge in [0.2, 0.25) is 0 Å². The van der Waals surface area contributed by atoms with Crippen molar-refractivity contribution in [3.8, 4) is 11.5 Å². The van der Waals surface area contributed by atoms with Crippen LogP contribution in [0.5, 0.6) is 11.5 Å². The molecule has 0 unspecified atom stereocenters.